The second kappa shape index (κ2) is 10.4. The lowest BCUT2D eigenvalue weighted by atomic mass is 10.3. The van der Waals surface area contributed by atoms with E-state index in [4.69, 9.17) is 15.9 Å². The number of ether oxygens (including phenoxy) is 2. The summed E-state index contributed by atoms with van der Waals surface area (Å²) in [7, 11) is 1.65. The van der Waals surface area contributed by atoms with E-state index in [1.165, 1.54) is 4.68 Å². The first kappa shape index (κ1) is 17.7. The van der Waals surface area contributed by atoms with Gasteiger partial charge in [-0.1, -0.05) is 5.92 Å². The summed E-state index contributed by atoms with van der Waals surface area (Å²) in [6, 6.07) is 0. The molecule has 0 aliphatic rings. The van der Waals surface area contributed by atoms with Crippen molar-refractivity contribution in [1.82, 2.24) is 9.78 Å². The number of aromatic nitrogens is 2. The van der Waals surface area contributed by atoms with Crippen LogP contribution < -0.4 is 10.9 Å². The van der Waals surface area contributed by atoms with Crippen LogP contribution in [0.1, 0.15) is 12.8 Å². The summed E-state index contributed by atoms with van der Waals surface area (Å²) in [4.78, 5) is 11.9. The molecule has 0 fully saturated rings. The molecule has 0 aliphatic heterocycles. The highest BCUT2D eigenvalue weighted by atomic mass is 79.9. The van der Waals surface area contributed by atoms with Crippen molar-refractivity contribution in [2.45, 2.75) is 19.4 Å². The van der Waals surface area contributed by atoms with Crippen LogP contribution in [0.25, 0.3) is 0 Å². The molecule has 1 aromatic rings. The summed E-state index contributed by atoms with van der Waals surface area (Å²) in [5.41, 5.74) is 0.439. The number of anilines is 1. The molecule has 7 heteroatoms. The Labute approximate surface area is 133 Å². The van der Waals surface area contributed by atoms with E-state index in [9.17, 15) is 4.79 Å². The standard InChI is InChI=1S/C14H20BrN3O3/c1-3-7-18-14(19)13(15)12(11-17-18)16-6-4-5-8-21-10-9-20-2/h1,11,16H,4-10H2,2H3. The Bertz CT molecular complexity index is 525. The Balaban J connectivity index is 2.31. The lowest BCUT2D eigenvalue weighted by Crippen LogP contribution is -2.24. The fourth-order valence-electron chi connectivity index (χ4n) is 1.58. The third kappa shape index (κ3) is 6.29. The zero-order valence-electron chi connectivity index (χ0n) is 12.1. The third-order valence-electron chi connectivity index (χ3n) is 2.69. The van der Waals surface area contributed by atoms with Crippen molar-refractivity contribution in [3.8, 4) is 12.3 Å². The number of nitrogens with zero attached hydrogens (tertiary/aromatic N) is 2. The zero-order valence-corrected chi connectivity index (χ0v) is 13.7. The normalized spacial score (nSPS) is 10.3. The number of rotatable bonds is 10. The number of halogens is 1. The van der Waals surface area contributed by atoms with Crippen LogP contribution in [0.2, 0.25) is 0 Å². The molecule has 0 atom stereocenters. The van der Waals surface area contributed by atoms with Crippen LogP contribution in [0.4, 0.5) is 5.69 Å². The van der Waals surface area contributed by atoms with Gasteiger partial charge in [0, 0.05) is 20.3 Å². The summed E-state index contributed by atoms with van der Waals surface area (Å²) in [5.74, 6) is 2.39. The fourth-order valence-corrected chi connectivity index (χ4v) is 2.03. The van der Waals surface area contributed by atoms with Gasteiger partial charge in [-0.3, -0.25) is 4.79 Å². The smallest absolute Gasteiger partial charge is 0.284 e. The summed E-state index contributed by atoms with van der Waals surface area (Å²) >= 11 is 3.27. The SMILES string of the molecule is C#CCn1ncc(NCCCCOCCOC)c(Br)c1=O. The molecule has 0 unspecified atom stereocenters. The largest absolute Gasteiger partial charge is 0.383 e. The van der Waals surface area contributed by atoms with Gasteiger partial charge in [0.15, 0.2) is 0 Å². The Morgan fingerprint density at radius 2 is 2.24 bits per heavy atom. The van der Waals surface area contributed by atoms with Crippen LogP contribution in [-0.4, -0.2) is 43.3 Å². The van der Waals surface area contributed by atoms with Crippen molar-refractivity contribution in [2.75, 3.05) is 38.8 Å². The number of methoxy groups -OCH3 is 1. The average Bonchev–Trinajstić information content (AvgIpc) is 2.49. The van der Waals surface area contributed by atoms with Crippen LogP contribution in [0.5, 0.6) is 0 Å². The molecular formula is C14H20BrN3O3. The minimum Gasteiger partial charge on any atom is -0.383 e. The molecule has 0 aliphatic carbocycles. The van der Waals surface area contributed by atoms with E-state index in [1.54, 1.807) is 13.3 Å². The van der Waals surface area contributed by atoms with E-state index in [1.807, 2.05) is 0 Å². The predicted octanol–water partition coefficient (Wildman–Crippen LogP) is 1.49. The molecule has 1 heterocycles. The minimum absolute atomic E-state index is 0.163. The fraction of sp³-hybridized carbons (Fsp3) is 0.571. The van der Waals surface area contributed by atoms with Crippen LogP contribution in [0, 0.1) is 12.3 Å². The molecule has 0 saturated heterocycles. The predicted molar refractivity (Wildman–Crippen MR) is 85.4 cm³/mol. The lowest BCUT2D eigenvalue weighted by Gasteiger charge is -2.09. The van der Waals surface area contributed by atoms with Gasteiger partial charge in [0.2, 0.25) is 0 Å². The van der Waals surface area contributed by atoms with Crippen molar-refractivity contribution in [3.63, 3.8) is 0 Å². The maximum atomic E-state index is 11.9. The molecule has 116 valence electrons. The van der Waals surface area contributed by atoms with Gasteiger partial charge in [0.25, 0.3) is 5.56 Å². The monoisotopic (exact) mass is 357 g/mol. The molecule has 0 saturated carbocycles. The van der Waals surface area contributed by atoms with E-state index in [0.29, 0.717) is 30.0 Å². The first-order valence-corrected chi connectivity index (χ1v) is 7.49. The van der Waals surface area contributed by atoms with Crippen molar-refractivity contribution in [2.24, 2.45) is 0 Å². The second-order valence-electron chi connectivity index (χ2n) is 4.28. The van der Waals surface area contributed by atoms with Crippen molar-refractivity contribution in [1.29, 1.82) is 0 Å². The van der Waals surface area contributed by atoms with Gasteiger partial charge in [-0.05, 0) is 28.8 Å². The molecule has 0 bridgehead atoms. The number of hydrogen-bond donors (Lipinski definition) is 1. The highest BCUT2D eigenvalue weighted by Crippen LogP contribution is 2.15. The lowest BCUT2D eigenvalue weighted by molar-refractivity contribution is 0.0691. The number of hydrogen-bond acceptors (Lipinski definition) is 5. The first-order valence-electron chi connectivity index (χ1n) is 6.70. The summed E-state index contributed by atoms with van der Waals surface area (Å²) in [5, 5.41) is 7.18. The maximum Gasteiger partial charge on any atom is 0.284 e. The minimum atomic E-state index is -0.235. The first-order chi connectivity index (χ1) is 10.2. The molecule has 0 radical (unpaired) electrons. The molecule has 6 nitrogen and oxygen atoms in total. The van der Waals surface area contributed by atoms with Gasteiger partial charge in [-0.15, -0.1) is 6.42 Å². The Hall–Kier alpha value is -1.36. The third-order valence-corrected chi connectivity index (χ3v) is 3.45. The average molecular weight is 358 g/mol. The molecule has 1 rings (SSSR count). The molecule has 1 N–H and O–H groups in total. The van der Waals surface area contributed by atoms with Crippen LogP contribution in [-0.2, 0) is 16.0 Å². The van der Waals surface area contributed by atoms with Crippen LogP contribution in [0.3, 0.4) is 0 Å². The molecule has 21 heavy (non-hydrogen) atoms. The van der Waals surface area contributed by atoms with Crippen molar-refractivity contribution < 1.29 is 9.47 Å². The van der Waals surface area contributed by atoms with Crippen molar-refractivity contribution in [3.05, 3.63) is 21.0 Å². The zero-order chi connectivity index (χ0) is 15.5. The van der Waals surface area contributed by atoms with Crippen LogP contribution >= 0.6 is 15.9 Å². The Morgan fingerprint density at radius 1 is 1.43 bits per heavy atom. The quantitative estimate of drug-likeness (QED) is 0.507. The number of terminal acetylenes is 1. The second-order valence-corrected chi connectivity index (χ2v) is 5.07. The molecule has 0 spiro atoms. The van der Waals surface area contributed by atoms with Gasteiger partial charge < -0.3 is 14.8 Å². The number of unbranched alkanes of at least 4 members (excludes halogenated alkanes) is 1. The van der Waals surface area contributed by atoms with E-state index >= 15 is 0 Å². The van der Waals surface area contributed by atoms with Crippen LogP contribution in [0.15, 0.2) is 15.5 Å². The van der Waals surface area contributed by atoms with Gasteiger partial charge in [0.1, 0.15) is 11.0 Å². The summed E-state index contributed by atoms with van der Waals surface area (Å²) in [6.07, 6.45) is 8.65. The van der Waals surface area contributed by atoms with Gasteiger partial charge in [-0.2, -0.15) is 5.10 Å². The Kier molecular flexibility index (Phi) is 8.74. The van der Waals surface area contributed by atoms with Gasteiger partial charge in [-0.25, -0.2) is 4.68 Å². The van der Waals surface area contributed by atoms with Crippen molar-refractivity contribution >= 4 is 21.6 Å². The summed E-state index contributed by atoms with van der Waals surface area (Å²) < 4.78 is 11.9. The maximum absolute atomic E-state index is 11.9. The summed E-state index contributed by atoms with van der Waals surface area (Å²) in [6.45, 7) is 2.84. The molecule has 0 aromatic carbocycles. The number of nitrogens with one attached hydrogen (secondary N) is 1. The van der Waals surface area contributed by atoms with Gasteiger partial charge in [0.05, 0.1) is 25.1 Å². The van der Waals surface area contributed by atoms with E-state index in [-0.39, 0.29) is 12.1 Å². The topological polar surface area (TPSA) is 65.4 Å². The highest BCUT2D eigenvalue weighted by Gasteiger charge is 2.07. The highest BCUT2D eigenvalue weighted by molar-refractivity contribution is 9.10. The van der Waals surface area contributed by atoms with E-state index < -0.39 is 0 Å². The van der Waals surface area contributed by atoms with E-state index in [2.05, 4.69) is 32.3 Å². The Morgan fingerprint density at radius 3 is 2.95 bits per heavy atom. The molecule has 1 aromatic heterocycles. The molecular weight excluding hydrogens is 338 g/mol. The van der Waals surface area contributed by atoms with E-state index in [0.717, 1.165) is 19.4 Å². The molecule has 0 amide bonds. The van der Waals surface area contributed by atoms with Gasteiger partial charge >= 0.3 is 0 Å².